The highest BCUT2D eigenvalue weighted by atomic mass is 16.1. The molecule has 2 aromatic heterocycles. The molecule has 0 saturated heterocycles. The molecule has 0 N–H and O–H groups in total. The van der Waals surface area contributed by atoms with E-state index in [2.05, 4.69) is 4.98 Å². The standard InChI is InChI=1S/C17H16N2O/c1-13(17(20)14-7-3-2-4-8-14)11-15-12-19-10-6-5-9-16(19)18-15/h2-10,12-13H,11H2,1H3. The molecule has 0 radical (unpaired) electrons. The maximum absolute atomic E-state index is 12.3. The first-order chi connectivity index (χ1) is 9.74. The lowest BCUT2D eigenvalue weighted by Gasteiger charge is -2.08. The Bertz CT molecular complexity index is 698. The minimum Gasteiger partial charge on any atom is -0.307 e. The zero-order chi connectivity index (χ0) is 13.9. The predicted octanol–water partition coefficient (Wildman–Crippen LogP) is 3.40. The molecule has 1 atom stereocenters. The SMILES string of the molecule is CC(Cc1cn2ccccc2n1)C(=O)c1ccccc1. The minimum atomic E-state index is -0.0673. The average molecular weight is 264 g/mol. The van der Waals surface area contributed by atoms with Crippen LogP contribution < -0.4 is 0 Å². The molecule has 20 heavy (non-hydrogen) atoms. The van der Waals surface area contributed by atoms with Crippen molar-refractivity contribution in [3.05, 3.63) is 72.2 Å². The molecule has 0 aliphatic carbocycles. The van der Waals surface area contributed by atoms with E-state index >= 15 is 0 Å². The first-order valence-electron chi connectivity index (χ1n) is 6.76. The van der Waals surface area contributed by atoms with E-state index in [9.17, 15) is 4.79 Å². The number of rotatable bonds is 4. The van der Waals surface area contributed by atoms with Gasteiger partial charge in [-0.05, 0) is 12.1 Å². The second-order valence-electron chi connectivity index (χ2n) is 5.03. The summed E-state index contributed by atoms with van der Waals surface area (Å²) in [4.78, 5) is 16.9. The largest absolute Gasteiger partial charge is 0.307 e. The van der Waals surface area contributed by atoms with Gasteiger partial charge in [0.25, 0.3) is 0 Å². The fraction of sp³-hybridized carbons (Fsp3) is 0.176. The van der Waals surface area contributed by atoms with Crippen molar-refractivity contribution in [1.82, 2.24) is 9.38 Å². The van der Waals surface area contributed by atoms with Crippen molar-refractivity contribution in [2.24, 2.45) is 5.92 Å². The molecule has 0 amide bonds. The fourth-order valence-corrected chi connectivity index (χ4v) is 2.38. The van der Waals surface area contributed by atoms with Crippen LogP contribution in [-0.2, 0) is 6.42 Å². The Balaban J connectivity index is 1.78. The monoisotopic (exact) mass is 264 g/mol. The van der Waals surface area contributed by atoms with E-state index in [-0.39, 0.29) is 11.7 Å². The third-order valence-electron chi connectivity index (χ3n) is 3.44. The molecule has 0 aliphatic heterocycles. The zero-order valence-corrected chi connectivity index (χ0v) is 11.4. The summed E-state index contributed by atoms with van der Waals surface area (Å²) in [7, 11) is 0. The summed E-state index contributed by atoms with van der Waals surface area (Å²) < 4.78 is 1.98. The number of imidazole rings is 1. The number of hydrogen-bond donors (Lipinski definition) is 0. The summed E-state index contributed by atoms with van der Waals surface area (Å²) in [5.41, 5.74) is 2.64. The smallest absolute Gasteiger partial charge is 0.166 e. The molecule has 0 saturated carbocycles. The van der Waals surface area contributed by atoms with Crippen molar-refractivity contribution in [3.63, 3.8) is 0 Å². The Labute approximate surface area is 117 Å². The number of pyridine rings is 1. The average Bonchev–Trinajstić information content (AvgIpc) is 2.89. The van der Waals surface area contributed by atoms with E-state index < -0.39 is 0 Å². The number of fused-ring (bicyclic) bond motifs is 1. The second-order valence-corrected chi connectivity index (χ2v) is 5.03. The van der Waals surface area contributed by atoms with Crippen molar-refractivity contribution in [1.29, 1.82) is 0 Å². The zero-order valence-electron chi connectivity index (χ0n) is 11.4. The number of carbonyl (C=O) groups is 1. The van der Waals surface area contributed by atoms with Crippen molar-refractivity contribution >= 4 is 11.4 Å². The number of Topliss-reactive ketones (excluding diaryl/α,β-unsaturated/α-hetero) is 1. The molecule has 0 bridgehead atoms. The van der Waals surface area contributed by atoms with Crippen LogP contribution in [0, 0.1) is 5.92 Å². The summed E-state index contributed by atoms with van der Waals surface area (Å²) in [6.07, 6.45) is 4.62. The second kappa shape index (κ2) is 5.29. The lowest BCUT2D eigenvalue weighted by Crippen LogP contribution is -2.14. The summed E-state index contributed by atoms with van der Waals surface area (Å²) in [5, 5.41) is 0. The number of ketones is 1. The lowest BCUT2D eigenvalue weighted by atomic mass is 9.95. The molecule has 2 heterocycles. The van der Waals surface area contributed by atoms with Gasteiger partial charge in [-0.2, -0.15) is 0 Å². The van der Waals surface area contributed by atoms with E-state index in [1.807, 2.05) is 72.2 Å². The van der Waals surface area contributed by atoms with E-state index in [0.717, 1.165) is 16.9 Å². The Morgan fingerprint density at radius 3 is 2.65 bits per heavy atom. The predicted molar refractivity (Wildman–Crippen MR) is 78.8 cm³/mol. The van der Waals surface area contributed by atoms with Crippen LogP contribution >= 0.6 is 0 Å². The highest BCUT2D eigenvalue weighted by molar-refractivity contribution is 5.97. The molecule has 3 rings (SSSR count). The van der Waals surface area contributed by atoms with Gasteiger partial charge in [0.1, 0.15) is 5.65 Å². The number of hydrogen-bond acceptors (Lipinski definition) is 2. The van der Waals surface area contributed by atoms with Crippen LogP contribution in [0.2, 0.25) is 0 Å². The molecule has 0 aliphatic rings. The summed E-state index contributed by atoms with van der Waals surface area (Å²) in [5.74, 6) is 0.102. The number of carbonyl (C=O) groups excluding carboxylic acids is 1. The van der Waals surface area contributed by atoms with Gasteiger partial charge in [0.2, 0.25) is 0 Å². The van der Waals surface area contributed by atoms with E-state index in [4.69, 9.17) is 0 Å². The Morgan fingerprint density at radius 1 is 1.15 bits per heavy atom. The number of aromatic nitrogens is 2. The highest BCUT2D eigenvalue weighted by Gasteiger charge is 2.16. The van der Waals surface area contributed by atoms with Crippen LogP contribution in [-0.4, -0.2) is 15.2 Å². The molecular weight excluding hydrogens is 248 g/mol. The Kier molecular flexibility index (Phi) is 3.33. The summed E-state index contributed by atoms with van der Waals surface area (Å²) in [6.45, 7) is 1.96. The van der Waals surface area contributed by atoms with Gasteiger partial charge in [-0.1, -0.05) is 43.3 Å². The Morgan fingerprint density at radius 2 is 1.90 bits per heavy atom. The van der Waals surface area contributed by atoms with Crippen LogP contribution in [0.4, 0.5) is 0 Å². The Hall–Kier alpha value is -2.42. The molecule has 100 valence electrons. The maximum Gasteiger partial charge on any atom is 0.166 e. The molecule has 3 heteroatoms. The van der Waals surface area contributed by atoms with Gasteiger partial charge in [-0.25, -0.2) is 4.98 Å². The van der Waals surface area contributed by atoms with Crippen molar-refractivity contribution in [2.45, 2.75) is 13.3 Å². The van der Waals surface area contributed by atoms with Crippen LogP contribution in [0.25, 0.3) is 5.65 Å². The van der Waals surface area contributed by atoms with E-state index in [1.165, 1.54) is 0 Å². The van der Waals surface area contributed by atoms with Gasteiger partial charge in [-0.15, -0.1) is 0 Å². The summed E-state index contributed by atoms with van der Waals surface area (Å²) in [6, 6.07) is 15.3. The topological polar surface area (TPSA) is 34.4 Å². The molecule has 3 nitrogen and oxygen atoms in total. The van der Waals surface area contributed by atoms with Crippen LogP contribution in [0.3, 0.4) is 0 Å². The fourth-order valence-electron chi connectivity index (χ4n) is 2.38. The maximum atomic E-state index is 12.3. The quantitative estimate of drug-likeness (QED) is 0.677. The first-order valence-corrected chi connectivity index (χ1v) is 6.76. The van der Waals surface area contributed by atoms with Gasteiger partial charge >= 0.3 is 0 Å². The molecule has 1 unspecified atom stereocenters. The molecular formula is C17H16N2O. The lowest BCUT2D eigenvalue weighted by molar-refractivity contribution is 0.0929. The molecule has 3 aromatic rings. The third kappa shape index (κ3) is 2.48. The summed E-state index contributed by atoms with van der Waals surface area (Å²) >= 11 is 0. The van der Waals surface area contributed by atoms with E-state index in [0.29, 0.717) is 6.42 Å². The van der Waals surface area contributed by atoms with Crippen molar-refractivity contribution in [3.8, 4) is 0 Å². The van der Waals surface area contributed by atoms with Crippen LogP contribution in [0.15, 0.2) is 60.9 Å². The molecule has 0 spiro atoms. The van der Waals surface area contributed by atoms with Gasteiger partial charge in [0.05, 0.1) is 5.69 Å². The van der Waals surface area contributed by atoms with Crippen molar-refractivity contribution < 1.29 is 4.79 Å². The van der Waals surface area contributed by atoms with Gasteiger partial charge < -0.3 is 4.40 Å². The molecule has 0 fully saturated rings. The number of benzene rings is 1. The van der Waals surface area contributed by atoms with E-state index in [1.54, 1.807) is 0 Å². The van der Waals surface area contributed by atoms with Crippen LogP contribution in [0.5, 0.6) is 0 Å². The normalized spacial score (nSPS) is 12.4. The number of nitrogens with zero attached hydrogens (tertiary/aromatic N) is 2. The highest BCUT2D eigenvalue weighted by Crippen LogP contribution is 2.14. The van der Waals surface area contributed by atoms with Gasteiger partial charge in [0, 0.05) is 30.3 Å². The minimum absolute atomic E-state index is 0.0673. The first kappa shape index (κ1) is 12.6. The van der Waals surface area contributed by atoms with Crippen molar-refractivity contribution in [2.75, 3.05) is 0 Å². The van der Waals surface area contributed by atoms with Gasteiger partial charge in [0.15, 0.2) is 5.78 Å². The molecule has 1 aromatic carbocycles. The van der Waals surface area contributed by atoms with Gasteiger partial charge in [-0.3, -0.25) is 4.79 Å². The third-order valence-corrected chi connectivity index (χ3v) is 3.44. The van der Waals surface area contributed by atoms with Crippen LogP contribution in [0.1, 0.15) is 23.0 Å².